The predicted molar refractivity (Wildman–Crippen MR) is 110 cm³/mol. The minimum absolute atomic E-state index is 0.195. The van der Waals surface area contributed by atoms with E-state index in [1.54, 1.807) is 6.07 Å². The summed E-state index contributed by atoms with van der Waals surface area (Å²) in [5, 5.41) is 3.04. The van der Waals surface area contributed by atoms with Crippen molar-refractivity contribution in [2.45, 2.75) is 24.7 Å². The molecule has 0 radical (unpaired) electrons. The fourth-order valence-electron chi connectivity index (χ4n) is 3.03. The van der Waals surface area contributed by atoms with Crippen molar-refractivity contribution in [2.24, 2.45) is 0 Å². The first kappa shape index (κ1) is 21.3. The summed E-state index contributed by atoms with van der Waals surface area (Å²) in [7, 11) is -3.49. The molecule has 0 saturated carbocycles. The van der Waals surface area contributed by atoms with Gasteiger partial charge in [-0.05, 0) is 62.2 Å². The van der Waals surface area contributed by atoms with Crippen molar-refractivity contribution in [2.75, 3.05) is 25.0 Å². The molecule has 9 heteroatoms. The van der Waals surface area contributed by atoms with E-state index >= 15 is 0 Å². The van der Waals surface area contributed by atoms with Crippen LogP contribution in [0.4, 0.5) is 5.69 Å². The molecule has 1 fully saturated rings. The number of hydrogen-bond donors (Lipinski definition) is 1. The molecule has 1 N–H and O–H groups in total. The summed E-state index contributed by atoms with van der Waals surface area (Å²) in [5.74, 6) is -0.397. The molecular formula is C20H21ClN2O5S. The molecule has 0 aromatic heterocycles. The first-order valence-corrected chi connectivity index (χ1v) is 10.9. The van der Waals surface area contributed by atoms with Gasteiger partial charge in [-0.2, -0.15) is 4.31 Å². The summed E-state index contributed by atoms with van der Waals surface area (Å²) in [5.41, 5.74) is 0.739. The maximum absolute atomic E-state index is 12.5. The molecule has 2 aromatic rings. The number of benzene rings is 2. The van der Waals surface area contributed by atoms with E-state index in [4.69, 9.17) is 16.3 Å². The first-order chi connectivity index (χ1) is 13.8. The molecule has 1 heterocycles. The molecule has 0 spiro atoms. The lowest BCUT2D eigenvalue weighted by Gasteiger charge is -2.15. The van der Waals surface area contributed by atoms with Gasteiger partial charge in [0.2, 0.25) is 10.0 Å². The summed E-state index contributed by atoms with van der Waals surface area (Å²) in [6.07, 6.45) is 1.73. The third kappa shape index (κ3) is 5.14. The van der Waals surface area contributed by atoms with E-state index in [2.05, 4.69) is 5.32 Å². The zero-order valence-electron chi connectivity index (χ0n) is 15.9. The number of amides is 1. The Balaban J connectivity index is 1.61. The quantitative estimate of drug-likeness (QED) is 0.672. The third-order valence-electron chi connectivity index (χ3n) is 4.52. The van der Waals surface area contributed by atoms with Crippen LogP contribution in [0.2, 0.25) is 5.02 Å². The highest BCUT2D eigenvalue weighted by molar-refractivity contribution is 7.89. The third-order valence-corrected chi connectivity index (χ3v) is 6.67. The van der Waals surface area contributed by atoms with Gasteiger partial charge in [-0.3, -0.25) is 9.59 Å². The van der Waals surface area contributed by atoms with Gasteiger partial charge in [0.1, 0.15) is 5.75 Å². The Morgan fingerprint density at radius 1 is 1.10 bits per heavy atom. The van der Waals surface area contributed by atoms with Gasteiger partial charge >= 0.3 is 0 Å². The van der Waals surface area contributed by atoms with E-state index < -0.39 is 15.9 Å². The van der Waals surface area contributed by atoms with Crippen LogP contribution in [0.25, 0.3) is 0 Å². The first-order valence-electron chi connectivity index (χ1n) is 9.11. The molecule has 1 aliphatic heterocycles. The molecule has 1 amide bonds. The molecule has 2 aromatic carbocycles. The fourth-order valence-corrected chi connectivity index (χ4v) is 4.72. The number of Topliss-reactive ketones (excluding diaryl/α,β-unsaturated/α-hetero) is 1. The van der Waals surface area contributed by atoms with E-state index in [0.717, 1.165) is 12.8 Å². The van der Waals surface area contributed by atoms with Gasteiger partial charge in [-0.1, -0.05) is 11.6 Å². The molecule has 154 valence electrons. The highest BCUT2D eigenvalue weighted by Gasteiger charge is 2.26. The van der Waals surface area contributed by atoms with Crippen LogP contribution in [0.1, 0.15) is 30.1 Å². The van der Waals surface area contributed by atoms with Crippen LogP contribution in [-0.2, 0) is 14.8 Å². The van der Waals surface area contributed by atoms with E-state index in [0.29, 0.717) is 29.4 Å². The summed E-state index contributed by atoms with van der Waals surface area (Å²) in [6.45, 7) is 2.14. The smallest absolute Gasteiger partial charge is 0.262 e. The number of halogens is 1. The Bertz CT molecular complexity index is 1020. The van der Waals surface area contributed by atoms with Crippen LogP contribution >= 0.6 is 11.6 Å². The lowest BCUT2D eigenvalue weighted by atomic mass is 10.1. The Hall–Kier alpha value is -2.42. The van der Waals surface area contributed by atoms with Crippen molar-refractivity contribution in [3.05, 3.63) is 53.1 Å². The molecule has 1 saturated heterocycles. The molecule has 0 aliphatic carbocycles. The SMILES string of the molecule is CC(=O)c1cc(Cl)ccc1OCC(=O)Nc1ccc(S(=O)(=O)N2CCCC2)cc1. The van der Waals surface area contributed by atoms with Crippen molar-refractivity contribution in [1.29, 1.82) is 0 Å². The van der Waals surface area contributed by atoms with Crippen molar-refractivity contribution >= 4 is 39.0 Å². The molecular weight excluding hydrogens is 416 g/mol. The molecule has 0 bridgehead atoms. The maximum Gasteiger partial charge on any atom is 0.262 e. The van der Waals surface area contributed by atoms with Crippen LogP contribution in [-0.4, -0.2) is 44.1 Å². The Morgan fingerprint density at radius 2 is 1.76 bits per heavy atom. The van der Waals surface area contributed by atoms with E-state index in [1.807, 2.05) is 0 Å². The molecule has 1 aliphatic rings. The highest BCUT2D eigenvalue weighted by atomic mass is 35.5. The lowest BCUT2D eigenvalue weighted by molar-refractivity contribution is -0.118. The topological polar surface area (TPSA) is 92.8 Å². The number of anilines is 1. The van der Waals surface area contributed by atoms with Crippen molar-refractivity contribution in [3.8, 4) is 5.75 Å². The average Bonchev–Trinajstić information content (AvgIpc) is 3.23. The number of nitrogens with zero attached hydrogens (tertiary/aromatic N) is 1. The van der Waals surface area contributed by atoms with E-state index in [1.165, 1.54) is 47.6 Å². The van der Waals surface area contributed by atoms with Crippen molar-refractivity contribution in [3.63, 3.8) is 0 Å². The molecule has 3 rings (SSSR count). The Morgan fingerprint density at radius 3 is 2.38 bits per heavy atom. The van der Waals surface area contributed by atoms with Gasteiger partial charge in [0.05, 0.1) is 10.5 Å². The maximum atomic E-state index is 12.5. The lowest BCUT2D eigenvalue weighted by Crippen LogP contribution is -2.27. The van der Waals surface area contributed by atoms with Gasteiger partial charge in [-0.25, -0.2) is 8.42 Å². The van der Waals surface area contributed by atoms with Crippen LogP contribution in [0.15, 0.2) is 47.4 Å². The van der Waals surface area contributed by atoms with E-state index in [-0.39, 0.29) is 23.0 Å². The highest BCUT2D eigenvalue weighted by Crippen LogP contribution is 2.24. The number of ketones is 1. The van der Waals surface area contributed by atoms with Gasteiger partial charge in [0, 0.05) is 23.8 Å². The number of rotatable bonds is 7. The largest absolute Gasteiger partial charge is 0.483 e. The summed E-state index contributed by atoms with van der Waals surface area (Å²) >= 11 is 5.88. The predicted octanol–water partition coefficient (Wildman–Crippen LogP) is 3.34. The number of carbonyl (C=O) groups is 2. The fraction of sp³-hybridized carbons (Fsp3) is 0.300. The number of carbonyl (C=O) groups excluding carboxylic acids is 2. The number of hydrogen-bond acceptors (Lipinski definition) is 5. The second-order valence-electron chi connectivity index (χ2n) is 6.67. The summed E-state index contributed by atoms with van der Waals surface area (Å²) in [4.78, 5) is 24.0. The molecule has 29 heavy (non-hydrogen) atoms. The minimum Gasteiger partial charge on any atom is -0.483 e. The van der Waals surface area contributed by atoms with E-state index in [9.17, 15) is 18.0 Å². The van der Waals surface area contributed by atoms with Crippen molar-refractivity contribution < 1.29 is 22.7 Å². The Kier molecular flexibility index (Phi) is 6.56. The summed E-state index contributed by atoms with van der Waals surface area (Å²) < 4.78 is 31.9. The van der Waals surface area contributed by atoms with Crippen LogP contribution in [0, 0.1) is 0 Å². The van der Waals surface area contributed by atoms with Gasteiger partial charge < -0.3 is 10.1 Å². The van der Waals surface area contributed by atoms with Crippen LogP contribution in [0.3, 0.4) is 0 Å². The van der Waals surface area contributed by atoms with Gasteiger partial charge in [0.15, 0.2) is 12.4 Å². The van der Waals surface area contributed by atoms with Crippen molar-refractivity contribution in [1.82, 2.24) is 4.31 Å². The number of nitrogens with one attached hydrogen (secondary N) is 1. The number of sulfonamides is 1. The zero-order chi connectivity index (χ0) is 21.0. The monoisotopic (exact) mass is 436 g/mol. The second kappa shape index (κ2) is 8.94. The Labute approximate surface area is 174 Å². The van der Waals surface area contributed by atoms with Crippen LogP contribution < -0.4 is 10.1 Å². The average molecular weight is 437 g/mol. The molecule has 0 unspecified atom stereocenters. The number of ether oxygens (including phenoxy) is 1. The molecule has 0 atom stereocenters. The standard InChI is InChI=1S/C20H21ClN2O5S/c1-14(24)18-12-15(21)4-9-19(18)28-13-20(25)22-16-5-7-17(8-6-16)29(26,27)23-10-2-3-11-23/h4-9,12H,2-3,10-11,13H2,1H3,(H,22,25). The van der Waals surface area contributed by atoms with Crippen LogP contribution in [0.5, 0.6) is 5.75 Å². The summed E-state index contributed by atoms with van der Waals surface area (Å²) in [6, 6.07) is 10.6. The van der Waals surface area contributed by atoms with Gasteiger partial charge in [-0.15, -0.1) is 0 Å². The normalized spacial score (nSPS) is 14.6. The second-order valence-corrected chi connectivity index (χ2v) is 9.04. The zero-order valence-corrected chi connectivity index (χ0v) is 17.4. The molecule has 7 nitrogen and oxygen atoms in total. The van der Waals surface area contributed by atoms with Gasteiger partial charge in [0.25, 0.3) is 5.91 Å². The minimum atomic E-state index is -3.49.